The van der Waals surface area contributed by atoms with Gasteiger partial charge in [0, 0.05) is 41.2 Å². The van der Waals surface area contributed by atoms with E-state index in [1.165, 1.54) is 10.0 Å². The van der Waals surface area contributed by atoms with Gasteiger partial charge in [-0.25, -0.2) is 0 Å². The molecule has 0 amide bonds. The molecule has 1 aromatic rings. The van der Waals surface area contributed by atoms with E-state index in [9.17, 15) is 0 Å². The fraction of sp³-hybridized carbons (Fsp3) is 0.429. The van der Waals surface area contributed by atoms with Crippen molar-refractivity contribution in [3.8, 4) is 0 Å². The fourth-order valence-corrected chi connectivity index (χ4v) is 3.28. The van der Waals surface area contributed by atoms with Crippen LogP contribution in [0.15, 0.2) is 39.8 Å². The van der Waals surface area contributed by atoms with E-state index in [0.717, 1.165) is 37.1 Å². The highest BCUT2D eigenvalue weighted by Crippen LogP contribution is 2.33. The van der Waals surface area contributed by atoms with Crippen molar-refractivity contribution in [3.05, 3.63) is 45.4 Å². The molecule has 1 aliphatic heterocycles. The van der Waals surface area contributed by atoms with Gasteiger partial charge in [0.25, 0.3) is 0 Å². The Morgan fingerprint density at radius 2 is 1.90 bits per heavy atom. The second-order valence-corrected chi connectivity index (χ2v) is 6.26. The van der Waals surface area contributed by atoms with Gasteiger partial charge in [-0.1, -0.05) is 37.9 Å². The van der Waals surface area contributed by atoms with Crippen LogP contribution in [0.4, 0.5) is 0 Å². The summed E-state index contributed by atoms with van der Waals surface area (Å²) in [6.07, 6.45) is 3.00. The molecule has 1 fully saturated rings. The first-order valence-corrected chi connectivity index (χ1v) is 7.81. The van der Waals surface area contributed by atoms with E-state index in [-0.39, 0.29) is 24.8 Å². The van der Waals surface area contributed by atoms with Gasteiger partial charge in [-0.15, -0.1) is 31.4 Å². The summed E-state index contributed by atoms with van der Waals surface area (Å²) >= 11 is 7.23. The number of rotatable bonds is 4. The molecule has 1 aromatic carbocycles. The lowest BCUT2D eigenvalue weighted by Gasteiger charge is -2.35. The molecule has 1 aliphatic rings. The lowest BCUT2D eigenvalue weighted by Crippen LogP contribution is -2.45. The number of piperazine rings is 1. The van der Waals surface area contributed by atoms with Gasteiger partial charge in [0.2, 0.25) is 0 Å². The van der Waals surface area contributed by atoms with Gasteiger partial charge < -0.3 is 5.32 Å². The number of nitrogens with zero attached hydrogens (tertiary/aromatic N) is 1. The highest BCUT2D eigenvalue weighted by Gasteiger charge is 2.22. The first-order chi connectivity index (χ1) is 8.72. The Morgan fingerprint density at radius 1 is 1.25 bits per heavy atom. The van der Waals surface area contributed by atoms with E-state index >= 15 is 0 Å². The van der Waals surface area contributed by atoms with Crippen LogP contribution >= 0.6 is 56.7 Å². The Hall–Kier alpha value is 0.420. The van der Waals surface area contributed by atoms with Crippen molar-refractivity contribution in [2.24, 2.45) is 0 Å². The van der Waals surface area contributed by atoms with Gasteiger partial charge in [0.05, 0.1) is 0 Å². The molecular formula is C14H20Br2Cl2N2. The third-order valence-electron chi connectivity index (χ3n) is 3.30. The maximum absolute atomic E-state index is 3.90. The van der Waals surface area contributed by atoms with Crippen LogP contribution in [-0.4, -0.2) is 31.1 Å². The van der Waals surface area contributed by atoms with Gasteiger partial charge in [-0.05, 0) is 30.2 Å². The molecule has 1 saturated heterocycles. The topological polar surface area (TPSA) is 15.3 Å². The van der Waals surface area contributed by atoms with E-state index in [1.807, 2.05) is 6.08 Å². The summed E-state index contributed by atoms with van der Waals surface area (Å²) in [5, 5.41) is 3.40. The third-order valence-corrected chi connectivity index (χ3v) is 4.51. The molecule has 2 rings (SSSR count). The van der Waals surface area contributed by atoms with E-state index < -0.39 is 0 Å². The van der Waals surface area contributed by atoms with Crippen molar-refractivity contribution in [2.45, 2.75) is 12.5 Å². The highest BCUT2D eigenvalue weighted by molar-refractivity contribution is 9.11. The van der Waals surface area contributed by atoms with E-state index in [4.69, 9.17) is 0 Å². The molecule has 0 unspecified atom stereocenters. The summed E-state index contributed by atoms with van der Waals surface area (Å²) in [4.78, 5) is 2.53. The largest absolute Gasteiger partial charge is 0.314 e. The molecule has 114 valence electrons. The summed E-state index contributed by atoms with van der Waals surface area (Å²) < 4.78 is 2.31. The van der Waals surface area contributed by atoms with Crippen molar-refractivity contribution >= 4 is 56.7 Å². The lowest BCUT2D eigenvalue weighted by atomic mass is 10.0. The van der Waals surface area contributed by atoms with Crippen molar-refractivity contribution in [1.82, 2.24) is 10.2 Å². The molecule has 6 heteroatoms. The Balaban J connectivity index is 0.00000180. The molecule has 0 bridgehead atoms. The minimum Gasteiger partial charge on any atom is -0.314 e. The van der Waals surface area contributed by atoms with Crippen LogP contribution < -0.4 is 5.32 Å². The average molecular weight is 447 g/mol. The van der Waals surface area contributed by atoms with Gasteiger partial charge >= 0.3 is 0 Å². The van der Waals surface area contributed by atoms with Gasteiger partial charge in [-0.3, -0.25) is 4.90 Å². The van der Waals surface area contributed by atoms with Crippen molar-refractivity contribution in [3.63, 3.8) is 0 Å². The number of nitrogens with one attached hydrogen (secondary N) is 1. The highest BCUT2D eigenvalue weighted by atomic mass is 79.9. The Kier molecular flexibility index (Phi) is 10.4. The Labute approximate surface area is 150 Å². The number of hydrogen-bond donors (Lipinski definition) is 1. The van der Waals surface area contributed by atoms with Crippen LogP contribution in [0.2, 0.25) is 0 Å². The quantitative estimate of drug-likeness (QED) is 0.681. The SMILES string of the molecule is C=CC[C@H](c1cc(Br)ccc1Br)N1CCNCC1.Cl.Cl. The van der Waals surface area contributed by atoms with Crippen LogP contribution in [0.3, 0.4) is 0 Å². The van der Waals surface area contributed by atoms with Crippen LogP contribution in [-0.2, 0) is 0 Å². The molecule has 20 heavy (non-hydrogen) atoms. The van der Waals surface area contributed by atoms with E-state index in [1.54, 1.807) is 0 Å². The zero-order valence-corrected chi connectivity index (χ0v) is 16.0. The van der Waals surface area contributed by atoms with E-state index in [2.05, 4.69) is 66.9 Å². The molecule has 1 heterocycles. The molecule has 0 aromatic heterocycles. The first-order valence-electron chi connectivity index (χ1n) is 6.23. The summed E-state index contributed by atoms with van der Waals surface area (Å²) in [5.41, 5.74) is 1.34. The van der Waals surface area contributed by atoms with Crippen LogP contribution in [0, 0.1) is 0 Å². The molecule has 0 aliphatic carbocycles. The monoisotopic (exact) mass is 444 g/mol. The maximum Gasteiger partial charge on any atom is 0.0395 e. The van der Waals surface area contributed by atoms with Crippen LogP contribution in [0.25, 0.3) is 0 Å². The van der Waals surface area contributed by atoms with Gasteiger partial charge in [0.1, 0.15) is 0 Å². The third kappa shape index (κ3) is 5.32. The number of benzene rings is 1. The van der Waals surface area contributed by atoms with E-state index in [0.29, 0.717) is 6.04 Å². The second kappa shape index (κ2) is 10.2. The Bertz CT molecular complexity index is 424. The number of halogens is 4. The predicted octanol–water partition coefficient (Wildman–Crippen LogP) is 4.58. The standard InChI is InChI=1S/C14H18Br2N2.2ClH/c1-2-3-14(18-8-6-17-7-9-18)12-10-11(15)4-5-13(12)16;;/h2,4-5,10,14,17H,1,3,6-9H2;2*1H/t14-;;/m1../s1. The van der Waals surface area contributed by atoms with Crippen LogP contribution in [0.5, 0.6) is 0 Å². The normalized spacial score (nSPS) is 16.7. The maximum atomic E-state index is 3.90. The smallest absolute Gasteiger partial charge is 0.0395 e. The minimum absolute atomic E-state index is 0. The second-order valence-electron chi connectivity index (χ2n) is 4.49. The fourth-order valence-electron chi connectivity index (χ4n) is 2.39. The summed E-state index contributed by atoms with van der Waals surface area (Å²) in [7, 11) is 0. The first kappa shape index (κ1) is 20.4. The van der Waals surface area contributed by atoms with Crippen LogP contribution in [0.1, 0.15) is 18.0 Å². The predicted molar refractivity (Wildman–Crippen MR) is 98.3 cm³/mol. The molecule has 1 N–H and O–H groups in total. The molecule has 0 spiro atoms. The molecule has 0 saturated carbocycles. The molecule has 2 nitrogen and oxygen atoms in total. The van der Waals surface area contributed by atoms with Crippen molar-refractivity contribution in [1.29, 1.82) is 0 Å². The molecule has 0 radical (unpaired) electrons. The van der Waals surface area contributed by atoms with Gasteiger partial charge in [0.15, 0.2) is 0 Å². The number of hydrogen-bond acceptors (Lipinski definition) is 2. The zero-order chi connectivity index (χ0) is 13.0. The van der Waals surface area contributed by atoms with Crippen molar-refractivity contribution < 1.29 is 0 Å². The summed E-state index contributed by atoms with van der Waals surface area (Å²) in [6.45, 7) is 8.23. The summed E-state index contributed by atoms with van der Waals surface area (Å²) in [6, 6.07) is 6.80. The lowest BCUT2D eigenvalue weighted by molar-refractivity contribution is 0.174. The average Bonchev–Trinajstić information content (AvgIpc) is 2.40. The summed E-state index contributed by atoms with van der Waals surface area (Å²) in [5.74, 6) is 0. The zero-order valence-electron chi connectivity index (χ0n) is 11.1. The minimum atomic E-state index is 0. The van der Waals surface area contributed by atoms with Gasteiger partial charge in [-0.2, -0.15) is 0 Å². The molecular weight excluding hydrogens is 427 g/mol. The molecule has 1 atom stereocenters. The van der Waals surface area contributed by atoms with Crippen molar-refractivity contribution in [2.75, 3.05) is 26.2 Å². The Morgan fingerprint density at radius 3 is 2.50 bits per heavy atom.